The highest BCUT2D eigenvalue weighted by Crippen LogP contribution is 2.37. The molecule has 10 heteroatoms. The summed E-state index contributed by atoms with van der Waals surface area (Å²) < 4.78 is 5.82. The Labute approximate surface area is 206 Å². The number of piperidine rings is 2. The minimum atomic E-state index is 0.126. The number of carbonyl (C=O) groups excluding carboxylic acids is 1. The Balaban J connectivity index is 1.37. The predicted molar refractivity (Wildman–Crippen MR) is 135 cm³/mol. The summed E-state index contributed by atoms with van der Waals surface area (Å²) in [5.74, 6) is 3.01. The van der Waals surface area contributed by atoms with Gasteiger partial charge < -0.3 is 20.3 Å². The first-order valence-electron chi connectivity index (χ1n) is 12.8. The maximum Gasteiger partial charge on any atom is 0.234 e. The Morgan fingerprint density at radius 3 is 2.69 bits per heavy atom. The number of ether oxygens (including phenoxy) is 1. The molecular formula is C25H36N8O2. The van der Waals surface area contributed by atoms with Gasteiger partial charge in [0.05, 0.1) is 13.2 Å². The molecule has 2 fully saturated rings. The largest absolute Gasteiger partial charge is 0.491 e. The molecule has 188 valence electrons. The van der Waals surface area contributed by atoms with Crippen LogP contribution in [-0.4, -0.2) is 75.8 Å². The van der Waals surface area contributed by atoms with Gasteiger partial charge in [-0.05, 0) is 45.6 Å². The lowest BCUT2D eigenvalue weighted by Gasteiger charge is -2.50. The monoisotopic (exact) mass is 480 g/mol. The second-order valence-corrected chi connectivity index (χ2v) is 9.81. The lowest BCUT2D eigenvalue weighted by Crippen LogP contribution is -2.58. The number of carbonyl (C=O) groups is 1. The molecule has 2 aromatic rings. The van der Waals surface area contributed by atoms with Crippen LogP contribution in [0, 0.1) is 6.92 Å². The topological polar surface area (TPSA) is 111 Å². The number of hydrogen-bond donors (Lipinski definition) is 3. The number of H-pyrrole nitrogens is 1. The maximum atomic E-state index is 12.3. The highest BCUT2D eigenvalue weighted by atomic mass is 16.5. The van der Waals surface area contributed by atoms with E-state index in [1.54, 1.807) is 0 Å². The van der Waals surface area contributed by atoms with Crippen molar-refractivity contribution in [2.45, 2.75) is 70.5 Å². The van der Waals surface area contributed by atoms with Gasteiger partial charge in [-0.25, -0.2) is 4.98 Å². The third-order valence-electron chi connectivity index (χ3n) is 7.30. The van der Waals surface area contributed by atoms with Crippen molar-refractivity contribution in [1.82, 2.24) is 30.4 Å². The van der Waals surface area contributed by atoms with E-state index in [4.69, 9.17) is 14.7 Å². The van der Waals surface area contributed by atoms with Crippen molar-refractivity contribution >= 4 is 29.3 Å². The second kappa shape index (κ2) is 10.2. The van der Waals surface area contributed by atoms with Crippen molar-refractivity contribution in [3.05, 3.63) is 29.6 Å². The Bertz CT molecular complexity index is 1070. The molecule has 35 heavy (non-hydrogen) atoms. The maximum absolute atomic E-state index is 12.3. The lowest BCUT2D eigenvalue weighted by atomic mass is 9.81. The fraction of sp³-hybridized carbons (Fsp3) is 0.600. The number of rotatable bonds is 8. The summed E-state index contributed by atoms with van der Waals surface area (Å²) in [4.78, 5) is 26.7. The van der Waals surface area contributed by atoms with Gasteiger partial charge in [0.1, 0.15) is 17.3 Å². The zero-order valence-electron chi connectivity index (χ0n) is 20.9. The van der Waals surface area contributed by atoms with Crippen LogP contribution in [0.2, 0.25) is 0 Å². The van der Waals surface area contributed by atoms with E-state index >= 15 is 0 Å². The van der Waals surface area contributed by atoms with Gasteiger partial charge in [0.25, 0.3) is 0 Å². The van der Waals surface area contributed by atoms with Crippen LogP contribution in [-0.2, 0) is 9.53 Å². The summed E-state index contributed by atoms with van der Waals surface area (Å²) in [7, 11) is 2.09. The van der Waals surface area contributed by atoms with E-state index in [1.807, 2.05) is 26.0 Å². The predicted octanol–water partition coefficient (Wildman–Crippen LogP) is 2.97. The molecule has 3 aliphatic heterocycles. The molecule has 0 unspecified atom stereocenters. The molecule has 2 saturated heterocycles. The minimum absolute atomic E-state index is 0.126. The Morgan fingerprint density at radius 1 is 1.23 bits per heavy atom. The van der Waals surface area contributed by atoms with Gasteiger partial charge in [0.2, 0.25) is 11.9 Å². The molecule has 1 amide bonds. The van der Waals surface area contributed by atoms with Crippen LogP contribution in [0.5, 0.6) is 0 Å². The second-order valence-electron chi connectivity index (χ2n) is 9.81. The lowest BCUT2D eigenvalue weighted by molar-refractivity contribution is -0.125. The van der Waals surface area contributed by atoms with Crippen LogP contribution in [0.3, 0.4) is 0 Å². The van der Waals surface area contributed by atoms with Crippen molar-refractivity contribution in [1.29, 1.82) is 0 Å². The number of aromatic nitrogens is 4. The van der Waals surface area contributed by atoms with E-state index in [0.29, 0.717) is 49.6 Å². The number of nitrogens with zero attached hydrogens (tertiary/aromatic N) is 5. The molecule has 0 spiro atoms. The quantitative estimate of drug-likeness (QED) is 0.529. The molecule has 3 N–H and O–H groups in total. The Morgan fingerprint density at radius 2 is 2.03 bits per heavy atom. The van der Waals surface area contributed by atoms with Crippen LogP contribution in [0.25, 0.3) is 5.76 Å². The van der Waals surface area contributed by atoms with Crippen molar-refractivity contribution in [2.75, 3.05) is 37.0 Å². The van der Waals surface area contributed by atoms with E-state index in [1.165, 1.54) is 6.42 Å². The number of aryl methyl sites for hydroxylation is 1. The van der Waals surface area contributed by atoms with Crippen molar-refractivity contribution in [3.8, 4) is 0 Å². The van der Waals surface area contributed by atoms with E-state index in [0.717, 1.165) is 55.1 Å². The molecule has 0 aromatic carbocycles. The SMILES string of the molecule is CCNC(=O)CN1[C@@H]2CCC[C@H]1C[C@@H](N(C)c1nc(Nc3cc(C)[nH]n3)cc(C3=CCCO3)n1)C2. The summed E-state index contributed by atoms with van der Waals surface area (Å²) in [6, 6.07) is 4.99. The summed E-state index contributed by atoms with van der Waals surface area (Å²) in [6.45, 7) is 5.79. The average Bonchev–Trinajstić information content (AvgIpc) is 3.50. The number of likely N-dealkylation sites (N-methyl/N-ethyl adjacent to an activating group) is 1. The van der Waals surface area contributed by atoms with E-state index in [-0.39, 0.29) is 5.91 Å². The number of aromatic amines is 1. The van der Waals surface area contributed by atoms with Crippen LogP contribution >= 0.6 is 0 Å². The molecule has 2 bridgehead atoms. The molecule has 3 atom stereocenters. The van der Waals surface area contributed by atoms with Crippen molar-refractivity contribution in [3.63, 3.8) is 0 Å². The van der Waals surface area contributed by atoms with Gasteiger partial charge in [-0.3, -0.25) is 14.8 Å². The molecule has 5 heterocycles. The summed E-state index contributed by atoms with van der Waals surface area (Å²) >= 11 is 0. The molecule has 0 aliphatic carbocycles. The molecule has 0 saturated carbocycles. The van der Waals surface area contributed by atoms with E-state index in [2.05, 4.69) is 43.8 Å². The molecule has 2 aromatic heterocycles. The van der Waals surface area contributed by atoms with Gasteiger partial charge in [-0.1, -0.05) is 6.42 Å². The standard InChI is InChI=1S/C25H36N8O2/c1-4-26-24(34)15-33-17-7-5-8-18(33)13-19(12-17)32(3)25-27-20(21-9-6-10-35-21)14-22(29-25)28-23-11-16(2)30-31-23/h9,11,14,17-19H,4-8,10,12-13,15H2,1-3H3,(H,26,34)(H2,27,28,29,30,31)/t17-,18+,19+. The van der Waals surface area contributed by atoms with Gasteiger partial charge in [0.15, 0.2) is 5.82 Å². The Hall–Kier alpha value is -3.14. The van der Waals surface area contributed by atoms with Crippen molar-refractivity contribution < 1.29 is 9.53 Å². The normalized spacial score (nSPS) is 24.0. The number of amides is 1. The summed E-state index contributed by atoms with van der Waals surface area (Å²) in [5, 5.41) is 13.5. The van der Waals surface area contributed by atoms with E-state index in [9.17, 15) is 4.79 Å². The number of fused-ring (bicyclic) bond motifs is 2. The molecule has 5 rings (SSSR count). The third-order valence-corrected chi connectivity index (χ3v) is 7.30. The van der Waals surface area contributed by atoms with Gasteiger partial charge >= 0.3 is 0 Å². The molecular weight excluding hydrogens is 444 g/mol. The van der Waals surface area contributed by atoms with Gasteiger partial charge in [-0.15, -0.1) is 0 Å². The highest BCUT2D eigenvalue weighted by molar-refractivity contribution is 5.78. The zero-order valence-corrected chi connectivity index (χ0v) is 20.9. The van der Waals surface area contributed by atoms with Crippen LogP contribution in [0.1, 0.15) is 56.8 Å². The minimum Gasteiger partial charge on any atom is -0.491 e. The summed E-state index contributed by atoms with van der Waals surface area (Å²) in [5.41, 5.74) is 1.76. The average molecular weight is 481 g/mol. The Kier molecular flexibility index (Phi) is 6.90. The third kappa shape index (κ3) is 5.27. The first-order valence-corrected chi connectivity index (χ1v) is 12.8. The smallest absolute Gasteiger partial charge is 0.234 e. The zero-order chi connectivity index (χ0) is 24.4. The van der Waals surface area contributed by atoms with E-state index < -0.39 is 0 Å². The number of nitrogens with one attached hydrogen (secondary N) is 3. The molecule has 10 nitrogen and oxygen atoms in total. The van der Waals surface area contributed by atoms with Crippen LogP contribution in [0.4, 0.5) is 17.6 Å². The van der Waals surface area contributed by atoms with Gasteiger partial charge in [-0.2, -0.15) is 10.1 Å². The fourth-order valence-electron chi connectivity index (χ4n) is 5.60. The molecule has 0 radical (unpaired) electrons. The summed E-state index contributed by atoms with van der Waals surface area (Å²) in [6.07, 6.45) is 8.46. The first-order chi connectivity index (χ1) is 17.0. The first kappa shape index (κ1) is 23.6. The van der Waals surface area contributed by atoms with Crippen LogP contribution < -0.4 is 15.5 Å². The number of hydrogen-bond acceptors (Lipinski definition) is 8. The van der Waals surface area contributed by atoms with Crippen LogP contribution in [0.15, 0.2) is 18.2 Å². The number of anilines is 3. The fourth-order valence-corrected chi connectivity index (χ4v) is 5.60. The van der Waals surface area contributed by atoms with Gasteiger partial charge in [0, 0.05) is 56.0 Å². The molecule has 3 aliphatic rings. The van der Waals surface area contributed by atoms with Crippen molar-refractivity contribution in [2.24, 2.45) is 0 Å². The highest BCUT2D eigenvalue weighted by Gasteiger charge is 2.40.